The van der Waals surface area contributed by atoms with E-state index in [1.54, 1.807) is 24.3 Å². The molecule has 1 aliphatic rings. The monoisotopic (exact) mass is 374 g/mol. The van der Waals surface area contributed by atoms with Crippen LogP contribution in [0.25, 0.3) is 16.8 Å². The predicted octanol–water partition coefficient (Wildman–Crippen LogP) is 5.02. The van der Waals surface area contributed by atoms with Crippen molar-refractivity contribution in [3.05, 3.63) is 47.3 Å². The van der Waals surface area contributed by atoms with Crippen molar-refractivity contribution in [3.8, 4) is 11.1 Å². The Morgan fingerprint density at radius 3 is 2.26 bits per heavy atom. The van der Waals surface area contributed by atoms with Gasteiger partial charge in [-0.05, 0) is 38.7 Å². The molecule has 27 heavy (non-hydrogen) atoms. The summed E-state index contributed by atoms with van der Waals surface area (Å²) in [5.74, 6) is 0.682. The fraction of sp³-hybridized carbons (Fsp3) is 0.400. The molecule has 142 valence electrons. The van der Waals surface area contributed by atoms with E-state index < -0.39 is 11.9 Å². The van der Waals surface area contributed by atoms with E-state index in [0.29, 0.717) is 17.1 Å². The molecule has 7 heteroatoms. The van der Waals surface area contributed by atoms with Gasteiger partial charge in [0, 0.05) is 24.8 Å². The lowest BCUT2D eigenvalue weighted by atomic mass is 10.0. The summed E-state index contributed by atoms with van der Waals surface area (Å²) in [6, 6.07) is 8.84. The first-order valence-electron chi connectivity index (χ1n) is 9.14. The Morgan fingerprint density at radius 1 is 0.963 bits per heavy atom. The number of piperidine rings is 1. The van der Waals surface area contributed by atoms with Crippen LogP contribution in [0.4, 0.5) is 19.0 Å². The van der Waals surface area contributed by atoms with E-state index in [-0.39, 0.29) is 11.2 Å². The molecular formula is C20H21F3N4. The topological polar surface area (TPSA) is 33.4 Å². The van der Waals surface area contributed by atoms with Gasteiger partial charge in [0.05, 0.1) is 5.56 Å². The summed E-state index contributed by atoms with van der Waals surface area (Å²) >= 11 is 0. The largest absolute Gasteiger partial charge is 0.435 e. The van der Waals surface area contributed by atoms with Gasteiger partial charge in [-0.25, -0.2) is 4.98 Å². The van der Waals surface area contributed by atoms with Crippen molar-refractivity contribution >= 4 is 11.5 Å². The van der Waals surface area contributed by atoms with E-state index in [1.807, 2.05) is 19.9 Å². The number of rotatable bonds is 2. The van der Waals surface area contributed by atoms with E-state index in [0.717, 1.165) is 37.9 Å². The third kappa shape index (κ3) is 3.26. The molecule has 0 unspecified atom stereocenters. The maximum atomic E-state index is 13.8. The Bertz CT molecular complexity index is 968. The van der Waals surface area contributed by atoms with Gasteiger partial charge in [0.25, 0.3) is 0 Å². The maximum Gasteiger partial charge on any atom is 0.435 e. The van der Waals surface area contributed by atoms with Gasteiger partial charge in [0.1, 0.15) is 5.82 Å². The highest BCUT2D eigenvalue weighted by Crippen LogP contribution is 2.39. The van der Waals surface area contributed by atoms with E-state index in [4.69, 9.17) is 0 Å². The molecule has 4 rings (SSSR count). The molecule has 1 fully saturated rings. The number of halogens is 3. The van der Waals surface area contributed by atoms with Crippen LogP contribution >= 0.6 is 0 Å². The number of hydrogen-bond acceptors (Lipinski definition) is 3. The lowest BCUT2D eigenvalue weighted by Crippen LogP contribution is -2.31. The van der Waals surface area contributed by atoms with Crippen molar-refractivity contribution in [1.82, 2.24) is 14.6 Å². The molecule has 0 radical (unpaired) electrons. The molecule has 2 aromatic heterocycles. The zero-order valence-electron chi connectivity index (χ0n) is 15.3. The van der Waals surface area contributed by atoms with Crippen LogP contribution in [-0.2, 0) is 6.18 Å². The molecule has 0 atom stereocenters. The third-order valence-corrected chi connectivity index (χ3v) is 4.99. The summed E-state index contributed by atoms with van der Waals surface area (Å²) in [4.78, 5) is 6.55. The second-order valence-corrected chi connectivity index (χ2v) is 7.13. The predicted molar refractivity (Wildman–Crippen MR) is 99.0 cm³/mol. The highest BCUT2D eigenvalue weighted by atomic mass is 19.4. The minimum absolute atomic E-state index is 0.0458. The Hall–Kier alpha value is -2.57. The summed E-state index contributed by atoms with van der Waals surface area (Å²) < 4.78 is 42.8. The van der Waals surface area contributed by atoms with E-state index in [1.165, 1.54) is 4.52 Å². The van der Waals surface area contributed by atoms with Crippen molar-refractivity contribution in [2.24, 2.45) is 0 Å². The van der Waals surface area contributed by atoms with Gasteiger partial charge < -0.3 is 4.90 Å². The summed E-state index contributed by atoms with van der Waals surface area (Å²) in [5, 5.41) is 3.99. The normalized spacial score (nSPS) is 15.5. The van der Waals surface area contributed by atoms with Crippen molar-refractivity contribution in [2.75, 3.05) is 18.0 Å². The van der Waals surface area contributed by atoms with Crippen LogP contribution in [0.3, 0.4) is 0 Å². The standard InChI is InChI=1S/C20H21F3N4/c1-13-6-8-15(9-7-13)17-18(20(21,22)23)25-27-16(12-14(2)24-19(17)27)26-10-4-3-5-11-26/h6-9,12H,3-5,10-11H2,1-2H3. The van der Waals surface area contributed by atoms with Crippen molar-refractivity contribution in [3.63, 3.8) is 0 Å². The van der Waals surface area contributed by atoms with Gasteiger partial charge >= 0.3 is 6.18 Å². The van der Waals surface area contributed by atoms with Crippen LogP contribution < -0.4 is 4.90 Å². The molecule has 1 aliphatic heterocycles. The highest BCUT2D eigenvalue weighted by Gasteiger charge is 2.39. The number of fused-ring (bicyclic) bond motifs is 1. The van der Waals surface area contributed by atoms with Crippen LogP contribution in [0.5, 0.6) is 0 Å². The number of aryl methyl sites for hydroxylation is 2. The molecule has 0 N–H and O–H groups in total. The zero-order chi connectivity index (χ0) is 19.2. The maximum absolute atomic E-state index is 13.8. The molecule has 1 aromatic carbocycles. The molecule has 0 spiro atoms. The van der Waals surface area contributed by atoms with Gasteiger partial charge in [-0.1, -0.05) is 29.8 Å². The first-order valence-corrected chi connectivity index (χ1v) is 9.14. The van der Waals surface area contributed by atoms with Crippen molar-refractivity contribution < 1.29 is 13.2 Å². The van der Waals surface area contributed by atoms with Gasteiger partial charge in [-0.15, -0.1) is 0 Å². The van der Waals surface area contributed by atoms with E-state index in [2.05, 4.69) is 15.0 Å². The molecule has 1 saturated heterocycles. The molecule has 0 aliphatic carbocycles. The first kappa shape index (κ1) is 17.8. The summed E-state index contributed by atoms with van der Waals surface area (Å²) in [6.07, 6.45) is -1.35. The summed E-state index contributed by atoms with van der Waals surface area (Å²) in [6.45, 7) is 5.35. The van der Waals surface area contributed by atoms with Crippen molar-refractivity contribution in [1.29, 1.82) is 0 Å². The van der Waals surface area contributed by atoms with Gasteiger partial charge in [0.2, 0.25) is 0 Å². The SMILES string of the molecule is Cc1ccc(-c2c(C(F)(F)F)nn3c(N4CCCCC4)cc(C)nc23)cc1. The van der Waals surface area contributed by atoms with E-state index >= 15 is 0 Å². The number of hydrogen-bond donors (Lipinski definition) is 0. The third-order valence-electron chi connectivity index (χ3n) is 4.99. The number of benzene rings is 1. The van der Waals surface area contributed by atoms with E-state index in [9.17, 15) is 13.2 Å². The van der Waals surface area contributed by atoms with Gasteiger partial charge in [0.15, 0.2) is 11.3 Å². The fourth-order valence-electron chi connectivity index (χ4n) is 3.65. The first-order chi connectivity index (χ1) is 12.8. The molecular weight excluding hydrogens is 353 g/mol. The molecule has 3 heterocycles. The second kappa shape index (κ2) is 6.55. The highest BCUT2D eigenvalue weighted by molar-refractivity contribution is 5.81. The summed E-state index contributed by atoms with van der Waals surface area (Å²) in [7, 11) is 0. The number of aromatic nitrogens is 3. The molecule has 4 nitrogen and oxygen atoms in total. The molecule has 0 amide bonds. The van der Waals surface area contributed by atoms with Crippen molar-refractivity contribution in [2.45, 2.75) is 39.3 Å². The zero-order valence-corrected chi connectivity index (χ0v) is 15.3. The average molecular weight is 374 g/mol. The van der Waals surface area contributed by atoms with Gasteiger partial charge in [-0.2, -0.15) is 22.8 Å². The summed E-state index contributed by atoms with van der Waals surface area (Å²) in [5.41, 5.74) is 1.57. The Kier molecular flexibility index (Phi) is 4.32. The lowest BCUT2D eigenvalue weighted by molar-refractivity contribution is -0.140. The van der Waals surface area contributed by atoms with Crippen LogP contribution in [0, 0.1) is 13.8 Å². The van der Waals surface area contributed by atoms with Crippen LogP contribution in [0.1, 0.15) is 36.2 Å². The second-order valence-electron chi connectivity index (χ2n) is 7.13. The Morgan fingerprint density at radius 2 is 1.63 bits per heavy atom. The molecule has 0 bridgehead atoms. The van der Waals surface area contributed by atoms with Crippen LogP contribution in [0.15, 0.2) is 30.3 Å². The van der Waals surface area contributed by atoms with Crippen LogP contribution in [0.2, 0.25) is 0 Å². The number of alkyl halides is 3. The Balaban J connectivity index is 2.00. The molecule has 3 aromatic rings. The Labute approximate surface area is 155 Å². The minimum atomic E-state index is -4.55. The minimum Gasteiger partial charge on any atom is -0.356 e. The van der Waals surface area contributed by atoms with Gasteiger partial charge in [-0.3, -0.25) is 0 Å². The lowest BCUT2D eigenvalue weighted by Gasteiger charge is -2.29. The van der Waals surface area contributed by atoms with Crippen LogP contribution in [-0.4, -0.2) is 27.7 Å². The number of nitrogens with zero attached hydrogens (tertiary/aromatic N) is 4. The quantitative estimate of drug-likeness (QED) is 0.631. The smallest absolute Gasteiger partial charge is 0.356 e. The fourth-order valence-corrected chi connectivity index (χ4v) is 3.65. The molecule has 0 saturated carbocycles. The number of anilines is 1. The average Bonchev–Trinajstić information content (AvgIpc) is 3.02.